The van der Waals surface area contributed by atoms with Gasteiger partial charge in [-0.25, -0.2) is 9.82 Å². The molecule has 5 rings (SSSR count). The fraction of sp³-hybridized carbons (Fsp3) is 0.510. The second-order valence-electron chi connectivity index (χ2n) is 15.6. The molecule has 1 fully saturated rings. The Balaban J connectivity index is 0. The van der Waals surface area contributed by atoms with E-state index >= 15 is 0 Å². The Bertz CT molecular complexity index is 1800. The molecule has 4 aromatic rings. The van der Waals surface area contributed by atoms with Gasteiger partial charge in [-0.05, 0) is 134 Å². The first-order valence-corrected chi connectivity index (χ1v) is 22.1. The molecule has 1 saturated carbocycles. The zero-order valence-electron chi connectivity index (χ0n) is 39.6. The van der Waals surface area contributed by atoms with Crippen molar-refractivity contribution < 1.29 is 48.1 Å². The average Bonchev–Trinajstić information content (AvgIpc) is 3.98. The highest BCUT2D eigenvalue weighted by atomic mass is 31.1. The Hall–Kier alpha value is -4.51. The Labute approximate surface area is 381 Å². The predicted molar refractivity (Wildman–Crippen MR) is 255 cm³/mol. The lowest BCUT2D eigenvalue weighted by Gasteiger charge is -2.17. The number of hydrogen-bond donors (Lipinski definition) is 2. The fourth-order valence-electron chi connectivity index (χ4n) is 5.32. The van der Waals surface area contributed by atoms with Crippen molar-refractivity contribution in [2.75, 3.05) is 26.6 Å². The van der Waals surface area contributed by atoms with Crippen LogP contribution >= 0.6 is 8.69 Å². The van der Waals surface area contributed by atoms with Crippen molar-refractivity contribution in [1.29, 1.82) is 0 Å². The van der Waals surface area contributed by atoms with Crippen molar-refractivity contribution in [3.05, 3.63) is 129 Å². The highest BCUT2D eigenvalue weighted by molar-refractivity contribution is 7.17. The average molecular weight is 896 g/mol. The van der Waals surface area contributed by atoms with E-state index in [9.17, 15) is 14.7 Å². The Morgan fingerprint density at radius 1 is 0.778 bits per heavy atom. The van der Waals surface area contributed by atoms with E-state index in [4.69, 9.17) is 28.8 Å². The van der Waals surface area contributed by atoms with E-state index < -0.39 is 14.6 Å². The first kappa shape index (κ1) is 60.6. The maximum absolute atomic E-state index is 11.9. The number of nitrogens with zero attached hydrogens (tertiary/aromatic N) is 1. The molecule has 0 aliphatic heterocycles. The molecular weight excluding hydrogens is 818 g/mol. The van der Waals surface area contributed by atoms with Gasteiger partial charge in [-0.3, -0.25) is 14.6 Å². The molecule has 63 heavy (non-hydrogen) atoms. The SMILES string of the molecule is C.CCOC(=O)Cc1ccc(C)cc1.CCOCOC1(C)CC1.CCc1ccc(C)cn1.CCc1cccc(C)c1.Cc1cc(C)c(C(C)C(=O)OCC(C)C)c(O)c1.O=POO. The third-order valence-electron chi connectivity index (χ3n) is 9.14. The summed E-state index contributed by atoms with van der Waals surface area (Å²) < 4.78 is 32.2. The molecule has 0 amide bonds. The fourth-order valence-corrected chi connectivity index (χ4v) is 5.32. The molecule has 1 unspecified atom stereocenters. The number of aromatic nitrogens is 1. The minimum Gasteiger partial charge on any atom is -0.508 e. The molecule has 12 heteroatoms. The first-order chi connectivity index (χ1) is 29.4. The van der Waals surface area contributed by atoms with Gasteiger partial charge in [-0.2, -0.15) is 0 Å². The minimum absolute atomic E-state index is 0. The van der Waals surface area contributed by atoms with Crippen LogP contribution in [0.4, 0.5) is 0 Å². The van der Waals surface area contributed by atoms with Gasteiger partial charge in [-0.1, -0.05) is 107 Å². The third kappa shape index (κ3) is 29.5. The van der Waals surface area contributed by atoms with E-state index in [1.807, 2.05) is 91.9 Å². The van der Waals surface area contributed by atoms with Crippen LogP contribution in [0.25, 0.3) is 0 Å². The maximum atomic E-state index is 11.9. The van der Waals surface area contributed by atoms with Crippen LogP contribution in [-0.4, -0.2) is 59.5 Å². The third-order valence-corrected chi connectivity index (χ3v) is 9.20. The van der Waals surface area contributed by atoms with Crippen LogP contribution in [0.5, 0.6) is 5.75 Å². The second kappa shape index (κ2) is 34.9. The summed E-state index contributed by atoms with van der Waals surface area (Å²) in [6.07, 6.45) is 6.83. The monoisotopic (exact) mass is 896 g/mol. The number of phenols is 1. The van der Waals surface area contributed by atoms with Crippen LogP contribution in [0.2, 0.25) is 0 Å². The number of rotatable bonds is 14. The zero-order valence-corrected chi connectivity index (χ0v) is 40.5. The summed E-state index contributed by atoms with van der Waals surface area (Å²) in [7, 11) is -0.696. The Morgan fingerprint density at radius 2 is 1.40 bits per heavy atom. The van der Waals surface area contributed by atoms with Crippen LogP contribution in [-0.2, 0) is 57.0 Å². The van der Waals surface area contributed by atoms with E-state index in [2.05, 4.69) is 73.8 Å². The molecular formula is C51H78NO10P. The van der Waals surface area contributed by atoms with Crippen LogP contribution in [0.1, 0.15) is 132 Å². The first-order valence-electron chi connectivity index (χ1n) is 21.4. The quantitative estimate of drug-likeness (QED) is 0.0311. The highest BCUT2D eigenvalue weighted by Crippen LogP contribution is 2.38. The van der Waals surface area contributed by atoms with E-state index in [1.165, 1.54) is 40.8 Å². The molecule has 1 aromatic heterocycles. The van der Waals surface area contributed by atoms with E-state index in [0.717, 1.165) is 36.1 Å². The molecule has 1 heterocycles. The summed E-state index contributed by atoms with van der Waals surface area (Å²) >= 11 is 0. The van der Waals surface area contributed by atoms with Crippen molar-refractivity contribution >= 4 is 20.6 Å². The standard InChI is InChI=1S/C15H22O3.C11H14O2.C9H12.C8H11N.C7H14O2.CH4.HO3P/c1-9(2)8-18-15(17)12(5)14-11(4)6-10(3)7-13(14)16;1-3-13-11(12)8-10-6-4-9(2)5-7-10;1-3-9-6-4-5-8(2)7-9;1-3-8-5-4-7(2)6-9-8;1-3-8-6-9-7(2)4-5-7;;1-3-4-2/h6-7,9,12,16H,8H2,1-5H3;4-7H,3,8H2,1-2H3;4-7H,3H2,1-2H3;4-6H,3H2,1-2H3;3-6H2,1-2H3;1H4;1H. The van der Waals surface area contributed by atoms with E-state index in [-0.39, 0.29) is 30.7 Å². The number of carbonyl (C=O) groups excluding carboxylic acids is 2. The van der Waals surface area contributed by atoms with E-state index in [0.29, 0.717) is 37.9 Å². The lowest BCUT2D eigenvalue weighted by atomic mass is 9.94. The normalized spacial score (nSPS) is 12.0. The predicted octanol–water partition coefficient (Wildman–Crippen LogP) is 12.8. The summed E-state index contributed by atoms with van der Waals surface area (Å²) in [6.45, 7) is 28.0. The van der Waals surface area contributed by atoms with Gasteiger partial charge in [0.05, 0.1) is 31.2 Å². The highest BCUT2D eigenvalue weighted by Gasteiger charge is 2.38. The summed E-state index contributed by atoms with van der Waals surface area (Å²) in [5, 5.41) is 17.0. The smallest absolute Gasteiger partial charge is 0.358 e. The van der Waals surface area contributed by atoms with Gasteiger partial charge in [-0.15, -0.1) is 4.67 Å². The number of carbonyl (C=O) groups is 2. The van der Waals surface area contributed by atoms with Crippen LogP contribution in [0.15, 0.2) is 79.0 Å². The minimum atomic E-state index is -0.696. The molecule has 352 valence electrons. The number of benzene rings is 3. The van der Waals surface area contributed by atoms with Crippen molar-refractivity contribution in [2.45, 2.75) is 141 Å². The number of phenolic OH excluding ortho intramolecular Hbond substituents is 1. The van der Waals surface area contributed by atoms with Crippen molar-refractivity contribution in [3.8, 4) is 5.75 Å². The molecule has 1 atom stereocenters. The van der Waals surface area contributed by atoms with Crippen molar-refractivity contribution in [1.82, 2.24) is 4.98 Å². The summed E-state index contributed by atoms with van der Waals surface area (Å²) in [4.78, 5) is 27.2. The van der Waals surface area contributed by atoms with Crippen molar-refractivity contribution in [2.24, 2.45) is 5.92 Å². The lowest BCUT2D eigenvalue weighted by Crippen LogP contribution is -2.17. The second-order valence-corrected chi connectivity index (χ2v) is 15.9. The largest absolute Gasteiger partial charge is 0.508 e. The number of hydrogen-bond acceptors (Lipinski definition) is 11. The summed E-state index contributed by atoms with van der Waals surface area (Å²) in [6, 6.07) is 24.3. The molecule has 2 N–H and O–H groups in total. The molecule has 1 aliphatic carbocycles. The molecule has 0 radical (unpaired) electrons. The van der Waals surface area contributed by atoms with Gasteiger partial charge in [0.15, 0.2) is 0 Å². The van der Waals surface area contributed by atoms with Gasteiger partial charge in [0.2, 0.25) is 0 Å². The zero-order chi connectivity index (χ0) is 47.1. The lowest BCUT2D eigenvalue weighted by molar-refractivity contribution is -0.146. The Kier molecular flexibility index (Phi) is 33.6. The van der Waals surface area contributed by atoms with Crippen LogP contribution < -0.4 is 0 Å². The molecule has 3 aromatic carbocycles. The number of pyridine rings is 1. The van der Waals surface area contributed by atoms with Crippen LogP contribution in [0.3, 0.4) is 0 Å². The number of aryl methyl sites for hydroxylation is 7. The van der Waals surface area contributed by atoms with Gasteiger partial charge in [0.25, 0.3) is 0 Å². The Morgan fingerprint density at radius 3 is 1.84 bits per heavy atom. The van der Waals surface area contributed by atoms with Crippen LogP contribution in [0, 0.1) is 40.5 Å². The number of ether oxygens (including phenoxy) is 4. The molecule has 0 bridgehead atoms. The molecule has 1 aliphatic rings. The number of esters is 2. The van der Waals surface area contributed by atoms with Gasteiger partial charge in [0.1, 0.15) is 12.5 Å². The summed E-state index contributed by atoms with van der Waals surface area (Å²) in [5.74, 6) is -0.406. The molecule has 0 spiro atoms. The summed E-state index contributed by atoms with van der Waals surface area (Å²) in [5.41, 5.74) is 10.1. The van der Waals surface area contributed by atoms with E-state index in [1.54, 1.807) is 13.0 Å². The molecule has 0 saturated heterocycles. The van der Waals surface area contributed by atoms with Gasteiger partial charge >= 0.3 is 20.6 Å². The molecule has 11 nitrogen and oxygen atoms in total. The number of aromatic hydroxyl groups is 1. The van der Waals surface area contributed by atoms with Gasteiger partial charge < -0.3 is 24.1 Å². The topological polar surface area (TPSA) is 151 Å². The van der Waals surface area contributed by atoms with Crippen molar-refractivity contribution in [3.63, 3.8) is 0 Å². The maximum Gasteiger partial charge on any atom is 0.358 e. The van der Waals surface area contributed by atoms with Gasteiger partial charge in [0, 0.05) is 24.1 Å².